The molecule has 0 aliphatic rings. The molecule has 0 aliphatic heterocycles. The first-order valence-corrected chi connectivity index (χ1v) is 7.53. The van der Waals surface area contributed by atoms with Crippen molar-refractivity contribution >= 4 is 23.2 Å². The van der Waals surface area contributed by atoms with Crippen LogP contribution in [0.25, 0.3) is 0 Å². The minimum atomic E-state index is -0.276. The summed E-state index contributed by atoms with van der Waals surface area (Å²) in [4.78, 5) is 24.8. The molecule has 0 unspecified atom stereocenters. The molecule has 6 heteroatoms. The molecule has 0 heterocycles. The molecule has 2 aromatic rings. The number of halogens is 1. The molecule has 24 heavy (non-hydrogen) atoms. The Morgan fingerprint density at radius 1 is 0.958 bits per heavy atom. The highest BCUT2D eigenvalue weighted by molar-refractivity contribution is 5.93. The lowest BCUT2D eigenvalue weighted by Crippen LogP contribution is -2.29. The van der Waals surface area contributed by atoms with Crippen LogP contribution in [-0.2, 0) is 16.1 Å². The number of carbonyl (C=O) groups is 2. The van der Waals surface area contributed by atoms with Gasteiger partial charge in [-0.2, -0.15) is 0 Å². The molecular weight excluding hydrogens is 309 g/mol. The number of hydrogen-bond donors (Lipinski definition) is 2. The van der Waals surface area contributed by atoms with Gasteiger partial charge in [-0.15, -0.1) is 0 Å². The molecule has 0 saturated heterocycles. The normalized spacial score (nSPS) is 10.5. The summed E-state index contributed by atoms with van der Waals surface area (Å²) in [5.41, 5.74) is 2.27. The first-order chi connectivity index (χ1) is 11.4. The number of amides is 2. The fourth-order valence-electron chi connectivity index (χ4n) is 2.24. The molecule has 5 nitrogen and oxygen atoms in total. The third-order valence-corrected chi connectivity index (χ3v) is 3.27. The van der Waals surface area contributed by atoms with Gasteiger partial charge in [0.2, 0.25) is 11.8 Å². The highest BCUT2D eigenvalue weighted by atomic mass is 19.1. The van der Waals surface area contributed by atoms with Crippen LogP contribution in [0.5, 0.6) is 0 Å². The van der Waals surface area contributed by atoms with Gasteiger partial charge in [-0.3, -0.25) is 14.5 Å². The third-order valence-electron chi connectivity index (χ3n) is 3.27. The summed E-state index contributed by atoms with van der Waals surface area (Å²) in [7, 11) is 1.82. The van der Waals surface area contributed by atoms with Crippen LogP contribution in [0, 0.1) is 5.82 Å². The summed E-state index contributed by atoms with van der Waals surface area (Å²) in [5.74, 6) is -0.567. The molecular formula is C18H20FN3O2. The van der Waals surface area contributed by atoms with Gasteiger partial charge >= 0.3 is 0 Å². The Kier molecular flexibility index (Phi) is 6.03. The number of nitrogens with zero attached hydrogens (tertiary/aromatic N) is 1. The standard InChI is InChI=1S/C18H20FN3O2/c1-13(23)20-16-7-9-17(10-8-16)21-18(24)12-22(2)11-14-3-5-15(19)6-4-14/h3-10H,11-12H2,1-2H3,(H,20,23)(H,21,24). The van der Waals surface area contributed by atoms with E-state index >= 15 is 0 Å². The fraction of sp³-hybridized carbons (Fsp3) is 0.222. The molecule has 0 fully saturated rings. The van der Waals surface area contributed by atoms with Crippen LogP contribution in [0.15, 0.2) is 48.5 Å². The van der Waals surface area contributed by atoms with Crippen molar-refractivity contribution in [1.29, 1.82) is 0 Å². The summed E-state index contributed by atoms with van der Waals surface area (Å²) in [6, 6.07) is 13.1. The van der Waals surface area contributed by atoms with Gasteiger partial charge in [-0.05, 0) is 49.0 Å². The van der Waals surface area contributed by atoms with Crippen molar-refractivity contribution in [3.05, 3.63) is 59.9 Å². The Labute approximate surface area is 140 Å². The Balaban J connectivity index is 1.83. The number of anilines is 2. The maximum Gasteiger partial charge on any atom is 0.238 e. The van der Waals surface area contributed by atoms with Gasteiger partial charge in [0.15, 0.2) is 0 Å². The zero-order valence-corrected chi connectivity index (χ0v) is 13.7. The van der Waals surface area contributed by atoms with E-state index < -0.39 is 0 Å². The van der Waals surface area contributed by atoms with Crippen molar-refractivity contribution < 1.29 is 14.0 Å². The van der Waals surface area contributed by atoms with E-state index in [1.54, 1.807) is 36.4 Å². The van der Waals surface area contributed by atoms with Gasteiger partial charge < -0.3 is 10.6 Å². The summed E-state index contributed by atoms with van der Waals surface area (Å²) in [6.45, 7) is 2.20. The summed E-state index contributed by atoms with van der Waals surface area (Å²) in [6.07, 6.45) is 0. The van der Waals surface area contributed by atoms with E-state index in [1.807, 2.05) is 11.9 Å². The van der Waals surface area contributed by atoms with Crippen molar-refractivity contribution in [2.75, 3.05) is 24.2 Å². The maximum absolute atomic E-state index is 12.9. The summed E-state index contributed by atoms with van der Waals surface area (Å²) in [5, 5.41) is 5.46. The number of rotatable bonds is 6. The zero-order chi connectivity index (χ0) is 17.5. The Morgan fingerprint density at radius 2 is 1.50 bits per heavy atom. The fourth-order valence-corrected chi connectivity index (χ4v) is 2.24. The number of nitrogens with one attached hydrogen (secondary N) is 2. The molecule has 0 spiro atoms. The number of carbonyl (C=O) groups excluding carboxylic acids is 2. The lowest BCUT2D eigenvalue weighted by atomic mass is 10.2. The molecule has 2 rings (SSSR count). The van der Waals surface area contributed by atoms with E-state index in [4.69, 9.17) is 0 Å². The smallest absolute Gasteiger partial charge is 0.238 e. The van der Waals surface area contributed by atoms with Crippen LogP contribution in [0.3, 0.4) is 0 Å². The van der Waals surface area contributed by atoms with Gasteiger partial charge in [0, 0.05) is 24.8 Å². The average molecular weight is 329 g/mol. The second-order valence-electron chi connectivity index (χ2n) is 5.61. The minimum Gasteiger partial charge on any atom is -0.326 e. The zero-order valence-electron chi connectivity index (χ0n) is 13.7. The topological polar surface area (TPSA) is 61.4 Å². The summed E-state index contributed by atoms with van der Waals surface area (Å²) < 4.78 is 12.9. The van der Waals surface area contributed by atoms with Crippen LogP contribution < -0.4 is 10.6 Å². The van der Waals surface area contributed by atoms with Gasteiger partial charge in [-0.25, -0.2) is 4.39 Å². The van der Waals surface area contributed by atoms with Crippen LogP contribution in [-0.4, -0.2) is 30.3 Å². The van der Waals surface area contributed by atoms with Gasteiger partial charge in [0.25, 0.3) is 0 Å². The predicted octanol–water partition coefficient (Wildman–Crippen LogP) is 2.85. The Bertz CT molecular complexity index is 699. The lowest BCUT2D eigenvalue weighted by molar-refractivity contribution is -0.117. The van der Waals surface area contributed by atoms with Crippen molar-refractivity contribution in [3.63, 3.8) is 0 Å². The molecule has 0 atom stereocenters. The van der Waals surface area contributed by atoms with Crippen LogP contribution in [0.2, 0.25) is 0 Å². The summed E-state index contributed by atoms with van der Waals surface area (Å²) >= 11 is 0. The van der Waals surface area contributed by atoms with Crippen LogP contribution >= 0.6 is 0 Å². The SMILES string of the molecule is CC(=O)Nc1ccc(NC(=O)CN(C)Cc2ccc(F)cc2)cc1. The molecule has 2 N–H and O–H groups in total. The van der Waals surface area contributed by atoms with Crippen molar-refractivity contribution in [2.24, 2.45) is 0 Å². The Morgan fingerprint density at radius 3 is 2.04 bits per heavy atom. The first kappa shape index (κ1) is 17.6. The van der Waals surface area contributed by atoms with E-state index in [-0.39, 0.29) is 24.2 Å². The van der Waals surface area contributed by atoms with E-state index in [9.17, 15) is 14.0 Å². The number of hydrogen-bond acceptors (Lipinski definition) is 3. The average Bonchev–Trinajstić information content (AvgIpc) is 2.51. The monoisotopic (exact) mass is 329 g/mol. The molecule has 0 bridgehead atoms. The van der Waals surface area contributed by atoms with E-state index in [0.29, 0.717) is 17.9 Å². The molecule has 0 aromatic heterocycles. The highest BCUT2D eigenvalue weighted by Gasteiger charge is 2.08. The van der Waals surface area contributed by atoms with Crippen LogP contribution in [0.1, 0.15) is 12.5 Å². The van der Waals surface area contributed by atoms with Crippen molar-refractivity contribution in [3.8, 4) is 0 Å². The quantitative estimate of drug-likeness (QED) is 0.857. The third kappa shape index (κ3) is 5.81. The lowest BCUT2D eigenvalue weighted by Gasteiger charge is -2.16. The second kappa shape index (κ2) is 8.21. The molecule has 2 amide bonds. The van der Waals surface area contributed by atoms with Gasteiger partial charge in [0.1, 0.15) is 5.82 Å². The molecule has 0 radical (unpaired) electrons. The Hall–Kier alpha value is -2.73. The predicted molar refractivity (Wildman–Crippen MR) is 92.1 cm³/mol. The van der Waals surface area contributed by atoms with E-state index in [2.05, 4.69) is 10.6 Å². The maximum atomic E-state index is 12.9. The largest absolute Gasteiger partial charge is 0.326 e. The van der Waals surface area contributed by atoms with E-state index in [0.717, 1.165) is 5.56 Å². The molecule has 126 valence electrons. The van der Waals surface area contributed by atoms with E-state index in [1.165, 1.54) is 19.1 Å². The van der Waals surface area contributed by atoms with Crippen LogP contribution in [0.4, 0.5) is 15.8 Å². The minimum absolute atomic E-state index is 0.144. The van der Waals surface area contributed by atoms with Crippen molar-refractivity contribution in [1.82, 2.24) is 4.90 Å². The molecule has 2 aromatic carbocycles. The number of benzene rings is 2. The van der Waals surface area contributed by atoms with Crippen molar-refractivity contribution in [2.45, 2.75) is 13.5 Å². The second-order valence-corrected chi connectivity index (χ2v) is 5.61. The highest BCUT2D eigenvalue weighted by Crippen LogP contribution is 2.13. The first-order valence-electron chi connectivity index (χ1n) is 7.53. The molecule has 0 aliphatic carbocycles. The molecule has 0 saturated carbocycles. The van der Waals surface area contributed by atoms with Gasteiger partial charge in [0.05, 0.1) is 6.54 Å². The van der Waals surface area contributed by atoms with Gasteiger partial charge in [-0.1, -0.05) is 12.1 Å². The number of likely N-dealkylation sites (N-methyl/N-ethyl adjacent to an activating group) is 1.